The fraction of sp³-hybridized carbons (Fsp3) is 0.368. The molecule has 0 spiro atoms. The third-order valence-corrected chi connectivity index (χ3v) is 5.63. The fourth-order valence-electron chi connectivity index (χ4n) is 3.32. The predicted octanol–water partition coefficient (Wildman–Crippen LogP) is 3.32. The van der Waals surface area contributed by atoms with Crippen LogP contribution in [0.4, 0.5) is 5.13 Å². The summed E-state index contributed by atoms with van der Waals surface area (Å²) in [6, 6.07) is 5.58. The molecule has 0 bridgehead atoms. The zero-order chi connectivity index (χ0) is 19.7. The van der Waals surface area contributed by atoms with E-state index in [2.05, 4.69) is 20.5 Å². The van der Waals surface area contributed by atoms with Crippen molar-refractivity contribution in [3.05, 3.63) is 34.7 Å². The van der Waals surface area contributed by atoms with Crippen LogP contribution < -0.4 is 14.8 Å². The molecule has 0 unspecified atom stereocenters. The smallest absolute Gasteiger partial charge is 0.295 e. The van der Waals surface area contributed by atoms with Crippen LogP contribution in [0.25, 0.3) is 11.3 Å². The minimum Gasteiger partial charge on any atom is -0.497 e. The Kier molecular flexibility index (Phi) is 4.99. The van der Waals surface area contributed by atoms with Gasteiger partial charge in [0.05, 0.1) is 19.9 Å². The van der Waals surface area contributed by atoms with Crippen molar-refractivity contribution < 1.29 is 14.3 Å². The lowest BCUT2D eigenvalue weighted by Crippen LogP contribution is -2.21. The fourth-order valence-corrected chi connectivity index (χ4v) is 4.15. The van der Waals surface area contributed by atoms with Gasteiger partial charge in [-0.05, 0) is 31.9 Å². The van der Waals surface area contributed by atoms with Gasteiger partial charge in [0, 0.05) is 29.5 Å². The predicted molar refractivity (Wildman–Crippen MR) is 106 cm³/mol. The summed E-state index contributed by atoms with van der Waals surface area (Å²) in [6.07, 6.45) is 2.97. The highest BCUT2D eigenvalue weighted by Gasteiger charge is 2.23. The molecule has 146 valence electrons. The Morgan fingerprint density at radius 3 is 2.86 bits per heavy atom. The molecule has 0 aliphatic carbocycles. The molecule has 1 aliphatic rings. The SMILES string of the molecule is COc1ccc(-c2nc(NC(=O)c3nnc4n3CCCC4)sc2C)c(OC)c1. The quantitative estimate of drug-likeness (QED) is 0.708. The number of carbonyl (C=O) groups excluding carboxylic acids is 1. The van der Waals surface area contributed by atoms with Gasteiger partial charge in [-0.3, -0.25) is 10.1 Å². The summed E-state index contributed by atoms with van der Waals surface area (Å²) in [5.74, 6) is 2.29. The Bertz CT molecular complexity index is 1030. The molecule has 0 atom stereocenters. The Hall–Kier alpha value is -2.94. The number of rotatable bonds is 5. The van der Waals surface area contributed by atoms with Crippen LogP contribution in [-0.2, 0) is 13.0 Å². The molecule has 3 heterocycles. The molecule has 0 saturated carbocycles. The van der Waals surface area contributed by atoms with Crippen LogP contribution >= 0.6 is 11.3 Å². The summed E-state index contributed by atoms with van der Waals surface area (Å²) in [7, 11) is 3.22. The molecule has 0 fully saturated rings. The monoisotopic (exact) mass is 399 g/mol. The minimum absolute atomic E-state index is 0.289. The molecule has 1 aliphatic heterocycles. The topological polar surface area (TPSA) is 91.2 Å². The Morgan fingerprint density at radius 1 is 1.21 bits per heavy atom. The highest BCUT2D eigenvalue weighted by atomic mass is 32.1. The van der Waals surface area contributed by atoms with E-state index in [4.69, 9.17) is 9.47 Å². The second-order valence-electron chi connectivity index (χ2n) is 6.49. The van der Waals surface area contributed by atoms with Gasteiger partial charge in [0.15, 0.2) is 5.13 Å². The molecule has 2 aromatic heterocycles. The number of nitrogens with zero attached hydrogens (tertiary/aromatic N) is 4. The molecule has 9 heteroatoms. The van der Waals surface area contributed by atoms with E-state index < -0.39 is 0 Å². The third kappa shape index (κ3) is 3.33. The molecule has 1 N–H and O–H groups in total. The van der Waals surface area contributed by atoms with E-state index in [-0.39, 0.29) is 5.91 Å². The van der Waals surface area contributed by atoms with Gasteiger partial charge in [0.25, 0.3) is 5.91 Å². The Balaban J connectivity index is 1.60. The number of fused-ring (bicyclic) bond motifs is 1. The summed E-state index contributed by atoms with van der Waals surface area (Å²) >= 11 is 1.41. The number of anilines is 1. The minimum atomic E-state index is -0.289. The van der Waals surface area contributed by atoms with E-state index in [0.29, 0.717) is 22.5 Å². The second-order valence-corrected chi connectivity index (χ2v) is 7.70. The van der Waals surface area contributed by atoms with Gasteiger partial charge in [0.2, 0.25) is 5.82 Å². The van der Waals surface area contributed by atoms with Crippen LogP contribution in [0.3, 0.4) is 0 Å². The molecular formula is C19H21N5O3S. The molecule has 8 nitrogen and oxygen atoms in total. The van der Waals surface area contributed by atoms with Crippen LogP contribution in [0.5, 0.6) is 11.5 Å². The van der Waals surface area contributed by atoms with Gasteiger partial charge in [-0.2, -0.15) is 0 Å². The summed E-state index contributed by atoms with van der Waals surface area (Å²) < 4.78 is 12.6. The molecular weight excluding hydrogens is 378 g/mol. The molecule has 1 amide bonds. The first-order chi connectivity index (χ1) is 13.6. The number of carbonyl (C=O) groups is 1. The average molecular weight is 399 g/mol. The zero-order valence-corrected chi connectivity index (χ0v) is 16.8. The second kappa shape index (κ2) is 7.59. The number of aromatic nitrogens is 4. The first-order valence-electron chi connectivity index (χ1n) is 9.04. The first kappa shape index (κ1) is 18.4. The van der Waals surface area contributed by atoms with Gasteiger partial charge in [-0.1, -0.05) is 0 Å². The normalized spacial score (nSPS) is 13.1. The summed E-state index contributed by atoms with van der Waals surface area (Å²) in [5, 5.41) is 11.6. The van der Waals surface area contributed by atoms with Crippen LogP contribution in [-0.4, -0.2) is 39.9 Å². The van der Waals surface area contributed by atoms with Gasteiger partial charge in [-0.15, -0.1) is 21.5 Å². The number of nitrogens with one attached hydrogen (secondary N) is 1. The Labute approximate surface area is 166 Å². The summed E-state index contributed by atoms with van der Waals surface area (Å²) in [4.78, 5) is 18.3. The van der Waals surface area contributed by atoms with Crippen molar-refractivity contribution in [2.75, 3.05) is 19.5 Å². The van der Waals surface area contributed by atoms with Gasteiger partial charge in [-0.25, -0.2) is 4.98 Å². The van der Waals surface area contributed by atoms with E-state index in [1.54, 1.807) is 14.2 Å². The van der Waals surface area contributed by atoms with E-state index in [1.165, 1.54) is 11.3 Å². The maximum atomic E-state index is 12.7. The van der Waals surface area contributed by atoms with Gasteiger partial charge < -0.3 is 14.0 Å². The largest absolute Gasteiger partial charge is 0.497 e. The molecule has 1 aromatic carbocycles. The van der Waals surface area contributed by atoms with Gasteiger partial charge in [0.1, 0.15) is 17.3 Å². The number of aryl methyl sites for hydroxylation is 2. The van der Waals surface area contributed by atoms with Crippen molar-refractivity contribution in [1.29, 1.82) is 0 Å². The summed E-state index contributed by atoms with van der Waals surface area (Å²) in [6.45, 7) is 2.74. The number of hydrogen-bond donors (Lipinski definition) is 1. The number of hydrogen-bond acceptors (Lipinski definition) is 7. The lowest BCUT2D eigenvalue weighted by Gasteiger charge is -2.13. The lowest BCUT2D eigenvalue weighted by molar-refractivity contribution is 0.101. The number of methoxy groups -OCH3 is 2. The molecule has 28 heavy (non-hydrogen) atoms. The lowest BCUT2D eigenvalue weighted by atomic mass is 10.1. The average Bonchev–Trinajstić information content (AvgIpc) is 3.30. The van der Waals surface area contributed by atoms with Crippen LogP contribution in [0.1, 0.15) is 34.2 Å². The van der Waals surface area contributed by atoms with Crippen molar-refractivity contribution in [3.63, 3.8) is 0 Å². The number of thiazole rings is 1. The van der Waals surface area contributed by atoms with Crippen LogP contribution in [0.2, 0.25) is 0 Å². The van der Waals surface area contributed by atoms with Crippen molar-refractivity contribution >= 4 is 22.4 Å². The molecule has 0 radical (unpaired) electrons. The van der Waals surface area contributed by atoms with Crippen molar-refractivity contribution in [1.82, 2.24) is 19.7 Å². The van der Waals surface area contributed by atoms with E-state index in [1.807, 2.05) is 29.7 Å². The third-order valence-electron chi connectivity index (χ3n) is 4.74. The maximum Gasteiger partial charge on any atom is 0.295 e. The number of ether oxygens (including phenoxy) is 2. The number of benzene rings is 1. The Morgan fingerprint density at radius 2 is 2.07 bits per heavy atom. The standard InChI is InChI=1S/C19H21N5O3S/c1-11-16(13-8-7-12(26-2)10-14(13)27-3)20-19(28-11)21-18(25)17-23-22-15-6-4-5-9-24(15)17/h7-8,10H,4-6,9H2,1-3H3,(H,20,21,25). The molecule has 0 saturated heterocycles. The van der Waals surface area contributed by atoms with Gasteiger partial charge >= 0.3 is 0 Å². The highest BCUT2D eigenvalue weighted by molar-refractivity contribution is 7.16. The highest BCUT2D eigenvalue weighted by Crippen LogP contribution is 2.37. The van der Waals surface area contributed by atoms with E-state index in [9.17, 15) is 4.79 Å². The maximum absolute atomic E-state index is 12.7. The molecule has 4 rings (SSSR count). The number of amides is 1. The van der Waals surface area contributed by atoms with Crippen molar-refractivity contribution in [2.24, 2.45) is 0 Å². The van der Waals surface area contributed by atoms with Crippen molar-refractivity contribution in [2.45, 2.75) is 32.7 Å². The summed E-state index contributed by atoms with van der Waals surface area (Å²) in [5.41, 5.74) is 1.61. The van der Waals surface area contributed by atoms with Crippen molar-refractivity contribution in [3.8, 4) is 22.8 Å². The van der Waals surface area contributed by atoms with Crippen LogP contribution in [0, 0.1) is 6.92 Å². The van der Waals surface area contributed by atoms with E-state index in [0.717, 1.165) is 47.8 Å². The first-order valence-corrected chi connectivity index (χ1v) is 9.85. The van der Waals surface area contributed by atoms with E-state index >= 15 is 0 Å². The molecule has 3 aromatic rings. The zero-order valence-electron chi connectivity index (χ0n) is 16.0. The van der Waals surface area contributed by atoms with Crippen LogP contribution in [0.15, 0.2) is 18.2 Å².